The van der Waals surface area contributed by atoms with Gasteiger partial charge in [0, 0.05) is 12.0 Å². The monoisotopic (exact) mass is 649 g/mol. The summed E-state index contributed by atoms with van der Waals surface area (Å²) >= 11 is 0. The molecule has 48 heavy (non-hydrogen) atoms. The molecule has 0 spiro atoms. The average Bonchev–Trinajstić information content (AvgIpc) is 3.36. The van der Waals surface area contributed by atoms with Gasteiger partial charge in [0.1, 0.15) is 18.1 Å². The van der Waals surface area contributed by atoms with Gasteiger partial charge in [0.2, 0.25) is 11.8 Å². The smallest absolute Gasteiger partial charge is 0.234 e. The highest BCUT2D eigenvalue weighted by molar-refractivity contribution is 6.06. The van der Waals surface area contributed by atoms with Crippen LogP contribution in [-0.4, -0.2) is 57.4 Å². The van der Waals surface area contributed by atoms with Gasteiger partial charge in [-0.15, -0.1) is 0 Å². The highest BCUT2D eigenvalue weighted by Gasteiger charge is 2.56. The molecule has 1 heterocycles. The first kappa shape index (κ1) is 33.7. The second kappa shape index (κ2) is 14.9. The molecular weight excluding hydrogens is 602 g/mol. The van der Waals surface area contributed by atoms with Crippen molar-refractivity contribution in [1.29, 1.82) is 0 Å². The maximum absolute atomic E-state index is 14.0. The van der Waals surface area contributed by atoms with E-state index in [1.807, 2.05) is 86.6 Å². The van der Waals surface area contributed by atoms with Crippen molar-refractivity contribution >= 4 is 23.5 Å². The Kier molecular flexibility index (Phi) is 10.5. The van der Waals surface area contributed by atoms with Gasteiger partial charge in [-0.05, 0) is 109 Å². The normalized spacial score (nSPS) is 22.6. The number of amides is 2. The number of aromatic hydroxyl groups is 1. The maximum atomic E-state index is 14.0. The SMILES string of the molecule is Cc1cc(/C=C(/CC[C@@H](O)C2=C(COc3ccccc3)C[C@H]3C(=O)N(C4CCCCC4)C(=O)[C@H]3[C@H]2CO)c2ccccc2)cc(C)c1O. The molecule has 7 nitrogen and oxygen atoms in total. The predicted octanol–water partition coefficient (Wildman–Crippen LogP) is 7.01. The molecule has 1 aliphatic heterocycles. The number of ether oxygens (including phenoxy) is 1. The second-order valence-corrected chi connectivity index (χ2v) is 13.7. The largest absolute Gasteiger partial charge is 0.507 e. The van der Waals surface area contributed by atoms with Crippen LogP contribution >= 0.6 is 0 Å². The molecule has 2 fully saturated rings. The molecule has 7 heteroatoms. The van der Waals surface area contributed by atoms with Gasteiger partial charge < -0.3 is 20.1 Å². The number of aryl methyl sites for hydroxylation is 2. The summed E-state index contributed by atoms with van der Waals surface area (Å²) < 4.78 is 6.19. The molecule has 0 bridgehead atoms. The molecule has 1 saturated heterocycles. The number of aliphatic hydroxyl groups excluding tert-OH is 2. The van der Waals surface area contributed by atoms with Crippen LogP contribution in [-0.2, 0) is 9.59 Å². The lowest BCUT2D eigenvalue weighted by Gasteiger charge is -2.36. The first-order valence-electron chi connectivity index (χ1n) is 17.4. The molecule has 0 radical (unpaired) electrons. The zero-order chi connectivity index (χ0) is 33.8. The number of hydrogen-bond acceptors (Lipinski definition) is 6. The summed E-state index contributed by atoms with van der Waals surface area (Å²) in [5.41, 5.74) is 6.01. The number of phenolic OH excluding ortho intramolecular Hbond substituents is 1. The minimum Gasteiger partial charge on any atom is -0.507 e. The summed E-state index contributed by atoms with van der Waals surface area (Å²) in [6, 6.07) is 23.3. The van der Waals surface area contributed by atoms with Crippen molar-refractivity contribution < 1.29 is 29.6 Å². The number of benzene rings is 3. The number of para-hydroxylation sites is 1. The van der Waals surface area contributed by atoms with E-state index in [4.69, 9.17) is 4.74 Å². The third-order valence-corrected chi connectivity index (χ3v) is 10.6. The van der Waals surface area contributed by atoms with E-state index in [1.54, 1.807) is 0 Å². The molecule has 0 unspecified atom stereocenters. The Labute approximate surface area is 283 Å². The number of phenols is 1. The first-order chi connectivity index (χ1) is 23.3. The zero-order valence-electron chi connectivity index (χ0n) is 28.0. The van der Waals surface area contributed by atoms with E-state index >= 15 is 0 Å². The van der Waals surface area contributed by atoms with Gasteiger partial charge in [-0.25, -0.2) is 0 Å². The van der Waals surface area contributed by atoms with Crippen molar-refractivity contribution in [3.63, 3.8) is 0 Å². The Hall–Kier alpha value is -4.20. The molecule has 3 aliphatic rings. The van der Waals surface area contributed by atoms with Gasteiger partial charge in [0.15, 0.2) is 0 Å². The van der Waals surface area contributed by atoms with Crippen molar-refractivity contribution in [3.8, 4) is 11.5 Å². The van der Waals surface area contributed by atoms with Crippen LogP contribution in [0.1, 0.15) is 73.6 Å². The van der Waals surface area contributed by atoms with Crippen molar-refractivity contribution in [2.24, 2.45) is 17.8 Å². The predicted molar refractivity (Wildman–Crippen MR) is 187 cm³/mol. The van der Waals surface area contributed by atoms with Crippen LogP contribution in [0.15, 0.2) is 83.9 Å². The van der Waals surface area contributed by atoms with Crippen LogP contribution in [0.25, 0.3) is 11.6 Å². The summed E-state index contributed by atoms with van der Waals surface area (Å²) in [5.74, 6) is -1.32. The summed E-state index contributed by atoms with van der Waals surface area (Å²) in [7, 11) is 0. The van der Waals surface area contributed by atoms with E-state index in [0.29, 0.717) is 30.6 Å². The number of hydrogen-bond donors (Lipinski definition) is 3. The number of aliphatic hydroxyl groups is 2. The molecule has 252 valence electrons. The number of rotatable bonds is 11. The highest BCUT2D eigenvalue weighted by atomic mass is 16.5. The van der Waals surface area contributed by atoms with Gasteiger partial charge >= 0.3 is 0 Å². The Balaban J connectivity index is 1.32. The molecule has 3 aromatic rings. The van der Waals surface area contributed by atoms with Crippen molar-refractivity contribution in [1.82, 2.24) is 4.90 Å². The molecular formula is C41H47NO6. The lowest BCUT2D eigenvalue weighted by molar-refractivity contribution is -0.143. The number of imide groups is 1. The Morgan fingerprint density at radius 3 is 2.23 bits per heavy atom. The van der Waals surface area contributed by atoms with Crippen molar-refractivity contribution in [3.05, 3.63) is 106 Å². The van der Waals surface area contributed by atoms with E-state index < -0.39 is 23.9 Å². The number of carbonyl (C=O) groups excluding carboxylic acids is 2. The van der Waals surface area contributed by atoms with E-state index in [9.17, 15) is 24.9 Å². The third-order valence-electron chi connectivity index (χ3n) is 10.6. The molecule has 6 rings (SSSR count). The van der Waals surface area contributed by atoms with Crippen LogP contribution in [0.5, 0.6) is 11.5 Å². The molecule has 0 aromatic heterocycles. The highest BCUT2D eigenvalue weighted by Crippen LogP contribution is 2.48. The first-order valence-corrected chi connectivity index (χ1v) is 17.4. The van der Waals surface area contributed by atoms with Gasteiger partial charge in [-0.2, -0.15) is 0 Å². The zero-order valence-corrected chi connectivity index (χ0v) is 28.0. The van der Waals surface area contributed by atoms with Gasteiger partial charge in [-0.1, -0.05) is 73.9 Å². The number of carbonyl (C=O) groups is 2. The van der Waals surface area contributed by atoms with Crippen molar-refractivity contribution in [2.45, 2.75) is 77.4 Å². The van der Waals surface area contributed by atoms with Crippen LogP contribution in [0.4, 0.5) is 0 Å². The molecule has 3 N–H and O–H groups in total. The van der Waals surface area contributed by atoms with Crippen LogP contribution in [0.3, 0.4) is 0 Å². The lowest BCUT2D eigenvalue weighted by Crippen LogP contribution is -2.42. The van der Waals surface area contributed by atoms with Gasteiger partial charge in [0.25, 0.3) is 0 Å². The van der Waals surface area contributed by atoms with Crippen molar-refractivity contribution in [2.75, 3.05) is 13.2 Å². The fraction of sp³-hybridized carbons (Fsp3) is 0.415. The Morgan fingerprint density at radius 1 is 0.938 bits per heavy atom. The fourth-order valence-electron chi connectivity index (χ4n) is 8.18. The molecule has 2 aliphatic carbocycles. The van der Waals surface area contributed by atoms with E-state index in [0.717, 1.165) is 65.5 Å². The molecule has 4 atom stereocenters. The maximum Gasteiger partial charge on any atom is 0.234 e. The number of fused-ring (bicyclic) bond motifs is 1. The average molecular weight is 650 g/mol. The molecule has 3 aromatic carbocycles. The fourth-order valence-corrected chi connectivity index (χ4v) is 8.18. The minimum absolute atomic E-state index is 0.0909. The van der Waals surface area contributed by atoms with Crippen LogP contribution in [0.2, 0.25) is 0 Å². The quantitative estimate of drug-likeness (QED) is 0.117. The topological polar surface area (TPSA) is 107 Å². The third kappa shape index (κ3) is 6.99. The number of likely N-dealkylation sites (tertiary alicyclic amines) is 1. The summed E-state index contributed by atoms with van der Waals surface area (Å²) in [4.78, 5) is 29.4. The van der Waals surface area contributed by atoms with E-state index in [-0.39, 0.29) is 36.8 Å². The van der Waals surface area contributed by atoms with Crippen LogP contribution in [0, 0.1) is 31.6 Å². The molecule has 2 amide bonds. The Bertz CT molecular complexity index is 1650. The van der Waals surface area contributed by atoms with Gasteiger partial charge in [0.05, 0.1) is 24.5 Å². The van der Waals surface area contributed by atoms with Gasteiger partial charge in [-0.3, -0.25) is 14.5 Å². The summed E-state index contributed by atoms with van der Waals surface area (Å²) in [6.45, 7) is 3.59. The second-order valence-electron chi connectivity index (χ2n) is 13.7. The standard InChI is InChI=1S/C41H47NO6/c1-26-20-28(21-27(2)39(26)45)22-30(29-12-6-3-7-13-29)18-19-36(44)37-31(25-48-33-16-10-5-11-17-33)23-34-38(35(37)24-43)41(47)42(40(34)46)32-14-8-4-9-15-32/h3,5-7,10-13,16-17,20-22,32,34-36,38,43-45H,4,8-9,14-15,18-19,23-25H2,1-2H3/b30-22-/t34-,35+,36-,38-/m1/s1. The van der Waals surface area contributed by atoms with E-state index in [1.165, 1.54) is 4.90 Å². The van der Waals surface area contributed by atoms with E-state index in [2.05, 4.69) is 6.08 Å². The minimum atomic E-state index is -0.959. The van der Waals surface area contributed by atoms with Crippen LogP contribution < -0.4 is 4.74 Å². The number of allylic oxidation sites excluding steroid dienone is 1. The summed E-state index contributed by atoms with van der Waals surface area (Å²) in [5, 5.41) is 33.3. The number of nitrogens with zero attached hydrogens (tertiary/aromatic N) is 1. The Morgan fingerprint density at radius 2 is 1.58 bits per heavy atom. The lowest BCUT2D eigenvalue weighted by atomic mass is 9.68. The molecule has 1 saturated carbocycles. The summed E-state index contributed by atoms with van der Waals surface area (Å²) in [6.07, 6.45) is 7.09.